The lowest BCUT2D eigenvalue weighted by Crippen LogP contribution is -2.17. The molecular weight excluding hydrogens is 264 g/mol. The number of carbonyl (C=O) groups is 1. The molecule has 20 heavy (non-hydrogen) atoms. The van der Waals surface area contributed by atoms with E-state index in [0.717, 1.165) is 19.3 Å². The van der Waals surface area contributed by atoms with Gasteiger partial charge in [0.15, 0.2) is 0 Å². The molecule has 1 aliphatic rings. The Kier molecular flexibility index (Phi) is 7.21. The van der Waals surface area contributed by atoms with Gasteiger partial charge in [-0.15, -0.1) is 11.8 Å². The molecule has 1 atom stereocenters. The van der Waals surface area contributed by atoms with Crippen LogP contribution in [0.5, 0.6) is 0 Å². The van der Waals surface area contributed by atoms with Crippen LogP contribution in [-0.4, -0.2) is 11.0 Å². The van der Waals surface area contributed by atoms with Gasteiger partial charge in [0.05, 0.1) is 5.25 Å². The van der Waals surface area contributed by atoms with E-state index in [2.05, 4.69) is 24.3 Å². The van der Waals surface area contributed by atoms with Crippen LogP contribution >= 0.6 is 11.8 Å². The summed E-state index contributed by atoms with van der Waals surface area (Å²) in [5, 5.41) is 0.178. The summed E-state index contributed by atoms with van der Waals surface area (Å²) < 4.78 is 0. The van der Waals surface area contributed by atoms with Gasteiger partial charge in [-0.2, -0.15) is 0 Å². The number of rotatable bonds is 2. The van der Waals surface area contributed by atoms with Gasteiger partial charge < -0.3 is 0 Å². The highest BCUT2D eigenvalue weighted by Gasteiger charge is 2.19. The number of Topliss-reactive ketones (excluding diaryl/α,β-unsaturated/α-hetero) is 1. The molecule has 110 valence electrons. The highest BCUT2D eigenvalue weighted by atomic mass is 32.2. The van der Waals surface area contributed by atoms with Crippen LogP contribution in [0.1, 0.15) is 64.2 Å². The van der Waals surface area contributed by atoms with E-state index in [9.17, 15) is 4.79 Å². The Morgan fingerprint density at radius 3 is 2.10 bits per heavy atom. The Morgan fingerprint density at radius 2 is 1.40 bits per heavy atom. The quantitative estimate of drug-likeness (QED) is 0.702. The number of carbonyl (C=O) groups excluding carboxylic acids is 1. The Morgan fingerprint density at radius 1 is 0.800 bits per heavy atom. The number of ketones is 1. The standard InChI is InChI=1S/C18H26OS/c19-17-14-10-5-3-1-2-4-6-11-15-18(17)20-16-12-8-7-9-13-16/h7-9,12-13,18H,1-6,10-11,14-15H2/t18-/m1/s1. The zero-order chi connectivity index (χ0) is 14.0. The second-order valence-electron chi connectivity index (χ2n) is 5.75. The molecule has 0 heterocycles. The van der Waals surface area contributed by atoms with Crippen molar-refractivity contribution in [3.8, 4) is 0 Å². The molecule has 1 aromatic carbocycles. The third kappa shape index (κ3) is 5.70. The average Bonchev–Trinajstić information content (AvgIpc) is 2.47. The minimum Gasteiger partial charge on any atom is -0.298 e. The second kappa shape index (κ2) is 9.23. The molecule has 1 nitrogen and oxygen atoms in total. The van der Waals surface area contributed by atoms with Crippen LogP contribution in [0.15, 0.2) is 35.2 Å². The summed E-state index contributed by atoms with van der Waals surface area (Å²) in [6, 6.07) is 10.4. The summed E-state index contributed by atoms with van der Waals surface area (Å²) in [5.41, 5.74) is 0. The fourth-order valence-corrected chi connectivity index (χ4v) is 3.98. The van der Waals surface area contributed by atoms with Gasteiger partial charge >= 0.3 is 0 Å². The fraction of sp³-hybridized carbons (Fsp3) is 0.611. The van der Waals surface area contributed by atoms with Gasteiger partial charge in [0.25, 0.3) is 0 Å². The zero-order valence-electron chi connectivity index (χ0n) is 12.4. The maximum absolute atomic E-state index is 12.4. The maximum Gasteiger partial charge on any atom is 0.146 e. The molecule has 0 aromatic heterocycles. The molecule has 0 spiro atoms. The predicted molar refractivity (Wildman–Crippen MR) is 87.3 cm³/mol. The van der Waals surface area contributed by atoms with Crippen molar-refractivity contribution < 1.29 is 4.79 Å². The summed E-state index contributed by atoms with van der Waals surface area (Å²) in [7, 11) is 0. The lowest BCUT2D eigenvalue weighted by atomic mass is 10.00. The first kappa shape index (κ1) is 15.6. The summed E-state index contributed by atoms with van der Waals surface area (Å²) in [6.45, 7) is 0. The zero-order valence-corrected chi connectivity index (χ0v) is 13.2. The smallest absolute Gasteiger partial charge is 0.146 e. The van der Waals surface area contributed by atoms with Crippen molar-refractivity contribution in [1.82, 2.24) is 0 Å². The highest BCUT2D eigenvalue weighted by molar-refractivity contribution is 8.00. The first-order valence-electron chi connectivity index (χ1n) is 8.11. The van der Waals surface area contributed by atoms with E-state index in [-0.39, 0.29) is 5.25 Å². The van der Waals surface area contributed by atoms with Crippen molar-refractivity contribution in [2.75, 3.05) is 0 Å². The third-order valence-electron chi connectivity index (χ3n) is 4.02. The van der Waals surface area contributed by atoms with Crippen LogP contribution in [-0.2, 0) is 4.79 Å². The van der Waals surface area contributed by atoms with Crippen LogP contribution in [0.2, 0.25) is 0 Å². The Labute approximate surface area is 127 Å². The summed E-state index contributed by atoms with van der Waals surface area (Å²) in [4.78, 5) is 13.6. The van der Waals surface area contributed by atoms with Gasteiger partial charge in [-0.3, -0.25) is 4.79 Å². The van der Waals surface area contributed by atoms with Gasteiger partial charge in [-0.05, 0) is 25.0 Å². The fourth-order valence-electron chi connectivity index (χ4n) is 2.80. The topological polar surface area (TPSA) is 17.1 Å². The summed E-state index contributed by atoms with van der Waals surface area (Å²) in [5.74, 6) is 0.472. The highest BCUT2D eigenvalue weighted by Crippen LogP contribution is 2.29. The molecular formula is C18H26OS. The van der Waals surface area contributed by atoms with Crippen molar-refractivity contribution in [2.45, 2.75) is 74.4 Å². The number of thioether (sulfide) groups is 1. The third-order valence-corrected chi connectivity index (χ3v) is 5.35. The molecule has 0 unspecified atom stereocenters. The van der Waals surface area contributed by atoms with Gasteiger partial charge in [0.2, 0.25) is 0 Å². The molecule has 0 radical (unpaired) electrons. The van der Waals surface area contributed by atoms with Crippen LogP contribution in [0.25, 0.3) is 0 Å². The molecule has 0 amide bonds. The van der Waals surface area contributed by atoms with E-state index in [1.54, 1.807) is 11.8 Å². The predicted octanol–water partition coefficient (Wildman–Crippen LogP) is 5.63. The van der Waals surface area contributed by atoms with Gasteiger partial charge in [-0.25, -0.2) is 0 Å². The monoisotopic (exact) mass is 290 g/mol. The van der Waals surface area contributed by atoms with E-state index in [1.807, 2.05) is 6.07 Å². The lowest BCUT2D eigenvalue weighted by Gasteiger charge is -2.16. The van der Waals surface area contributed by atoms with E-state index in [0.29, 0.717) is 5.78 Å². The second-order valence-corrected chi connectivity index (χ2v) is 7.03. The van der Waals surface area contributed by atoms with Crippen LogP contribution in [0.3, 0.4) is 0 Å². The first-order valence-corrected chi connectivity index (χ1v) is 8.98. The van der Waals surface area contributed by atoms with Gasteiger partial charge in [0, 0.05) is 11.3 Å². The summed E-state index contributed by atoms with van der Waals surface area (Å²) in [6.07, 6.45) is 12.0. The molecule has 0 bridgehead atoms. The largest absolute Gasteiger partial charge is 0.298 e. The normalized spacial score (nSPS) is 22.8. The van der Waals surface area contributed by atoms with Gasteiger partial charge in [-0.1, -0.05) is 63.1 Å². The molecule has 1 saturated carbocycles. The minimum absolute atomic E-state index is 0.178. The van der Waals surface area contributed by atoms with Crippen LogP contribution < -0.4 is 0 Å². The van der Waals surface area contributed by atoms with E-state index in [4.69, 9.17) is 0 Å². The SMILES string of the molecule is O=C1CCCCCCCCCC[C@H]1Sc1ccccc1. The Bertz CT molecular complexity index is 388. The first-order chi connectivity index (χ1) is 9.86. The van der Waals surface area contributed by atoms with Crippen molar-refractivity contribution in [3.05, 3.63) is 30.3 Å². The minimum atomic E-state index is 0.178. The summed E-state index contributed by atoms with van der Waals surface area (Å²) >= 11 is 1.77. The molecule has 1 aliphatic carbocycles. The molecule has 2 heteroatoms. The average molecular weight is 290 g/mol. The van der Waals surface area contributed by atoms with E-state index in [1.165, 1.54) is 49.8 Å². The van der Waals surface area contributed by atoms with Crippen molar-refractivity contribution in [1.29, 1.82) is 0 Å². The molecule has 0 aliphatic heterocycles. The van der Waals surface area contributed by atoms with Crippen LogP contribution in [0, 0.1) is 0 Å². The molecule has 1 aromatic rings. The van der Waals surface area contributed by atoms with E-state index >= 15 is 0 Å². The van der Waals surface area contributed by atoms with E-state index < -0.39 is 0 Å². The molecule has 1 fully saturated rings. The number of benzene rings is 1. The maximum atomic E-state index is 12.4. The van der Waals surface area contributed by atoms with Crippen LogP contribution in [0.4, 0.5) is 0 Å². The molecule has 0 saturated heterocycles. The lowest BCUT2D eigenvalue weighted by molar-refractivity contribution is -0.118. The van der Waals surface area contributed by atoms with Gasteiger partial charge in [0.1, 0.15) is 5.78 Å². The molecule has 0 N–H and O–H groups in total. The van der Waals surface area contributed by atoms with Crippen molar-refractivity contribution in [3.63, 3.8) is 0 Å². The van der Waals surface area contributed by atoms with Crippen molar-refractivity contribution >= 4 is 17.5 Å². The molecule has 2 rings (SSSR count). The Balaban J connectivity index is 1.92. The van der Waals surface area contributed by atoms with Crippen molar-refractivity contribution in [2.24, 2.45) is 0 Å². The Hall–Kier alpha value is -0.760. The number of hydrogen-bond acceptors (Lipinski definition) is 2. The number of hydrogen-bond donors (Lipinski definition) is 0.